The molecule has 6 N–H and O–H groups in total. The maximum Gasteiger partial charge on any atom is 0.202 e. The van der Waals surface area contributed by atoms with Gasteiger partial charge in [0.15, 0.2) is 17.3 Å². The van der Waals surface area contributed by atoms with Crippen molar-refractivity contribution in [2.24, 2.45) is 11.5 Å². The van der Waals surface area contributed by atoms with E-state index < -0.39 is 0 Å². The molecule has 0 radical (unpaired) electrons. The number of nitrogens with zero attached hydrogens (tertiary/aromatic N) is 5. The van der Waals surface area contributed by atoms with Crippen LogP contribution in [0.3, 0.4) is 0 Å². The molecule has 4 rings (SSSR count). The van der Waals surface area contributed by atoms with Crippen LogP contribution in [0.15, 0.2) is 53.2 Å². The van der Waals surface area contributed by atoms with Crippen LogP contribution in [0.1, 0.15) is 36.0 Å². The minimum absolute atomic E-state index is 0.0473. The molecule has 192 valence electrons. The number of Topliss-reactive ketones (excluding diaryl/α,β-unsaturated/α-hetero) is 1. The molecule has 0 aliphatic carbocycles. The van der Waals surface area contributed by atoms with Crippen molar-refractivity contribution >= 4 is 28.3 Å². The van der Waals surface area contributed by atoms with Crippen LogP contribution in [0.5, 0.6) is 0 Å². The number of unbranched alkanes of at least 4 members (excludes halogenated alkanes) is 1. The highest BCUT2D eigenvalue weighted by Crippen LogP contribution is 2.28. The Kier molecular flexibility index (Phi) is 8.80. The molecule has 2 heterocycles. The summed E-state index contributed by atoms with van der Waals surface area (Å²) in [6.07, 6.45) is 3.20. The van der Waals surface area contributed by atoms with Gasteiger partial charge < -0.3 is 26.7 Å². The van der Waals surface area contributed by atoms with Gasteiger partial charge in [-0.1, -0.05) is 18.6 Å². The molecule has 0 unspecified atom stereocenters. The van der Waals surface area contributed by atoms with Crippen molar-refractivity contribution in [1.82, 2.24) is 19.9 Å². The number of hydrogen-bond acceptors (Lipinski definition) is 10. The van der Waals surface area contributed by atoms with Crippen molar-refractivity contribution < 1.29 is 9.42 Å². The summed E-state index contributed by atoms with van der Waals surface area (Å²) in [4.78, 5) is 18.0. The molecule has 2 aromatic heterocycles. The molecular weight excluding hydrogens is 470 g/mol. The fourth-order valence-electron chi connectivity index (χ4n) is 4.02. The Hall–Kier alpha value is -4.27. The number of carbonyl (C=O) groups excluding carboxylic acids is 1. The number of aromatic nitrogens is 4. The molecule has 1 atom stereocenters. The van der Waals surface area contributed by atoms with E-state index in [-0.39, 0.29) is 18.4 Å². The summed E-state index contributed by atoms with van der Waals surface area (Å²) in [5.41, 5.74) is 15.1. The van der Waals surface area contributed by atoms with E-state index in [9.17, 15) is 4.79 Å². The van der Waals surface area contributed by atoms with Crippen molar-refractivity contribution in [2.75, 3.05) is 30.3 Å². The average Bonchev–Trinajstić information content (AvgIpc) is 3.52. The Morgan fingerprint density at radius 1 is 1.11 bits per heavy atom. The van der Waals surface area contributed by atoms with E-state index in [1.165, 1.54) is 0 Å². The zero-order valence-electron chi connectivity index (χ0n) is 20.6. The highest BCUT2D eigenvalue weighted by molar-refractivity contribution is 5.97. The molecule has 2 aromatic carbocycles. The third-order valence-electron chi connectivity index (χ3n) is 5.99. The standard InChI is InChI=1S/C26H31N9O2/c27-13-4-3-6-19(29)16-31-20-11-9-18(10-12-20)23(36)17-35-22-8-2-1-7-21(22)32-26(35)24-25(34-37-33-24)30-15-5-14-28/h1-2,7-12,19,31H,3-6,13,15-17,27,29H2,(H,30,34)/t19-/m0/s1. The van der Waals surface area contributed by atoms with E-state index in [1.54, 1.807) is 16.7 Å². The second-order valence-corrected chi connectivity index (χ2v) is 8.73. The summed E-state index contributed by atoms with van der Waals surface area (Å²) in [5, 5.41) is 23.1. The van der Waals surface area contributed by atoms with E-state index in [0.29, 0.717) is 49.0 Å². The average molecular weight is 502 g/mol. The SMILES string of the molecule is N#CCCNc1nonc1-c1nc2ccccc2n1CC(=O)c1ccc(NC[C@@H](N)CCCCN)cc1. The molecular formula is C26H31N9O2. The van der Waals surface area contributed by atoms with Crippen LogP contribution >= 0.6 is 0 Å². The van der Waals surface area contributed by atoms with Gasteiger partial charge in [0.25, 0.3) is 0 Å². The molecule has 0 spiro atoms. The lowest BCUT2D eigenvalue weighted by atomic mass is 10.1. The van der Waals surface area contributed by atoms with Gasteiger partial charge in [-0.15, -0.1) is 0 Å². The van der Waals surface area contributed by atoms with Crippen molar-refractivity contribution in [3.05, 3.63) is 54.1 Å². The minimum Gasteiger partial charge on any atom is -0.383 e. The minimum atomic E-state index is -0.0788. The number of hydrogen-bond donors (Lipinski definition) is 4. The predicted molar refractivity (Wildman–Crippen MR) is 142 cm³/mol. The lowest BCUT2D eigenvalue weighted by molar-refractivity contribution is 0.0974. The second-order valence-electron chi connectivity index (χ2n) is 8.73. The Bertz CT molecular complexity index is 1350. The van der Waals surface area contributed by atoms with E-state index in [2.05, 4.69) is 32.0 Å². The molecule has 37 heavy (non-hydrogen) atoms. The van der Waals surface area contributed by atoms with Crippen LogP contribution in [0.4, 0.5) is 11.5 Å². The van der Waals surface area contributed by atoms with E-state index in [4.69, 9.17) is 21.4 Å². The maximum absolute atomic E-state index is 13.3. The molecule has 0 saturated heterocycles. The third kappa shape index (κ3) is 6.49. The number of nitriles is 1. The molecule has 0 amide bonds. The number of imidazole rings is 1. The van der Waals surface area contributed by atoms with Crippen LogP contribution < -0.4 is 22.1 Å². The molecule has 0 aliphatic heterocycles. The van der Waals surface area contributed by atoms with Gasteiger partial charge in [0.2, 0.25) is 5.82 Å². The molecule has 0 bridgehead atoms. The largest absolute Gasteiger partial charge is 0.383 e. The molecule has 4 aromatic rings. The first-order valence-electron chi connectivity index (χ1n) is 12.3. The predicted octanol–water partition coefficient (Wildman–Crippen LogP) is 3.16. The van der Waals surface area contributed by atoms with Gasteiger partial charge in [-0.3, -0.25) is 4.79 Å². The summed E-state index contributed by atoms with van der Waals surface area (Å²) >= 11 is 0. The number of anilines is 2. The van der Waals surface area contributed by atoms with Gasteiger partial charge in [-0.2, -0.15) is 5.26 Å². The van der Waals surface area contributed by atoms with Crippen molar-refractivity contribution in [3.8, 4) is 17.6 Å². The number of rotatable bonds is 14. The zero-order valence-corrected chi connectivity index (χ0v) is 20.6. The maximum atomic E-state index is 13.3. The van der Waals surface area contributed by atoms with Gasteiger partial charge >= 0.3 is 0 Å². The van der Waals surface area contributed by atoms with Crippen LogP contribution in [0, 0.1) is 11.3 Å². The number of para-hydroxylation sites is 2. The summed E-state index contributed by atoms with van der Waals surface area (Å²) in [6.45, 7) is 1.77. The highest BCUT2D eigenvalue weighted by Gasteiger charge is 2.22. The second kappa shape index (κ2) is 12.6. The molecule has 11 heteroatoms. The Morgan fingerprint density at radius 3 is 2.70 bits per heavy atom. The fraction of sp³-hybridized carbons (Fsp3) is 0.346. The van der Waals surface area contributed by atoms with Crippen LogP contribution in [-0.4, -0.2) is 51.3 Å². The Labute approximate surface area is 214 Å². The quantitative estimate of drug-likeness (QED) is 0.148. The molecule has 0 fully saturated rings. The van der Waals surface area contributed by atoms with Crippen LogP contribution in [-0.2, 0) is 6.54 Å². The third-order valence-corrected chi connectivity index (χ3v) is 5.99. The van der Waals surface area contributed by atoms with Gasteiger partial charge in [-0.25, -0.2) is 9.61 Å². The number of benzene rings is 2. The molecule has 11 nitrogen and oxygen atoms in total. The summed E-state index contributed by atoms with van der Waals surface area (Å²) < 4.78 is 6.75. The summed E-state index contributed by atoms with van der Waals surface area (Å²) in [6, 6.07) is 17.0. The first-order valence-corrected chi connectivity index (χ1v) is 12.3. The van der Waals surface area contributed by atoms with Gasteiger partial charge in [0.05, 0.1) is 30.1 Å². The van der Waals surface area contributed by atoms with Crippen molar-refractivity contribution in [2.45, 2.75) is 38.3 Å². The molecule has 0 saturated carbocycles. The highest BCUT2D eigenvalue weighted by atomic mass is 16.6. The number of nitrogens with one attached hydrogen (secondary N) is 2. The van der Waals surface area contributed by atoms with E-state index >= 15 is 0 Å². The number of carbonyl (C=O) groups is 1. The van der Waals surface area contributed by atoms with Crippen LogP contribution in [0.2, 0.25) is 0 Å². The van der Waals surface area contributed by atoms with Crippen LogP contribution in [0.25, 0.3) is 22.6 Å². The van der Waals surface area contributed by atoms with Gasteiger partial charge in [-0.05, 0) is 66.1 Å². The van der Waals surface area contributed by atoms with E-state index in [1.807, 2.05) is 36.4 Å². The topological polar surface area (TPSA) is 174 Å². The number of nitrogens with two attached hydrogens (primary N) is 2. The van der Waals surface area contributed by atoms with Crippen molar-refractivity contribution in [1.29, 1.82) is 5.26 Å². The van der Waals surface area contributed by atoms with E-state index in [0.717, 1.165) is 36.0 Å². The Morgan fingerprint density at radius 2 is 1.92 bits per heavy atom. The lowest BCUT2D eigenvalue weighted by Gasteiger charge is -2.14. The lowest BCUT2D eigenvalue weighted by Crippen LogP contribution is -2.29. The number of fused-ring (bicyclic) bond motifs is 1. The first kappa shape index (κ1) is 25.8. The normalized spacial score (nSPS) is 11.8. The van der Waals surface area contributed by atoms with Gasteiger partial charge in [0, 0.05) is 30.4 Å². The smallest absolute Gasteiger partial charge is 0.202 e. The fourth-order valence-corrected chi connectivity index (χ4v) is 4.02. The van der Waals surface area contributed by atoms with Gasteiger partial charge in [0.1, 0.15) is 0 Å². The first-order chi connectivity index (χ1) is 18.1. The summed E-state index contributed by atoms with van der Waals surface area (Å²) in [7, 11) is 0. The molecule has 0 aliphatic rings. The zero-order chi connectivity index (χ0) is 26.0. The number of ketones is 1. The summed E-state index contributed by atoms with van der Waals surface area (Å²) in [5.74, 6) is 0.748. The van der Waals surface area contributed by atoms with Crippen molar-refractivity contribution in [3.63, 3.8) is 0 Å². The Balaban J connectivity index is 1.49. The monoisotopic (exact) mass is 501 g/mol.